The third-order valence-electron chi connectivity index (χ3n) is 6.65. The van der Waals surface area contributed by atoms with Gasteiger partial charge in [0.2, 0.25) is 0 Å². The quantitative estimate of drug-likeness (QED) is 0.611. The largest absolute Gasteiger partial charge is 0.507 e. The van der Waals surface area contributed by atoms with Crippen LogP contribution in [0.4, 0.5) is 5.69 Å². The minimum Gasteiger partial charge on any atom is -0.507 e. The van der Waals surface area contributed by atoms with Gasteiger partial charge in [0, 0.05) is 23.9 Å². The molecule has 0 unspecified atom stereocenters. The lowest BCUT2D eigenvalue weighted by atomic mass is 9.82. The molecule has 3 heteroatoms. The number of hydrogen-bond acceptors (Lipinski definition) is 3. The topological polar surface area (TPSA) is 32.7 Å². The Morgan fingerprint density at radius 3 is 2.43 bits per heavy atom. The Labute approximate surface area is 166 Å². The summed E-state index contributed by atoms with van der Waals surface area (Å²) >= 11 is 0. The van der Waals surface area contributed by atoms with E-state index < -0.39 is 0 Å². The fourth-order valence-corrected chi connectivity index (χ4v) is 5.14. The Balaban J connectivity index is 1.84. The van der Waals surface area contributed by atoms with E-state index in [-0.39, 0.29) is 5.41 Å². The minimum atomic E-state index is -0.122. The maximum absolute atomic E-state index is 10.9. The third kappa shape index (κ3) is 2.35. The average Bonchev–Trinajstić information content (AvgIpc) is 2.95. The van der Waals surface area contributed by atoms with Crippen molar-refractivity contribution in [2.45, 2.75) is 38.5 Å². The molecule has 5 rings (SSSR count). The molecule has 3 aromatic rings. The number of phenols is 1. The molecule has 1 saturated heterocycles. The molecule has 1 fully saturated rings. The van der Waals surface area contributed by atoms with E-state index >= 15 is 0 Å². The van der Waals surface area contributed by atoms with Crippen LogP contribution in [-0.4, -0.2) is 25.3 Å². The van der Waals surface area contributed by atoms with Crippen LogP contribution >= 0.6 is 0 Å². The van der Waals surface area contributed by atoms with Crippen LogP contribution < -0.4 is 9.64 Å². The van der Waals surface area contributed by atoms with Gasteiger partial charge in [-0.1, -0.05) is 38.1 Å². The molecule has 0 radical (unpaired) electrons. The highest BCUT2D eigenvalue weighted by atomic mass is 16.5. The number of phenolic OH excluding ortho intramolecular Hbond substituents is 1. The van der Waals surface area contributed by atoms with Crippen molar-refractivity contribution in [3.05, 3.63) is 53.6 Å². The molecule has 2 aliphatic rings. The molecule has 1 aliphatic carbocycles. The first-order valence-corrected chi connectivity index (χ1v) is 10.3. The summed E-state index contributed by atoms with van der Waals surface area (Å²) in [5.41, 5.74) is 6.09. The predicted octanol–water partition coefficient (Wildman–Crippen LogP) is 5.85. The lowest BCUT2D eigenvalue weighted by Crippen LogP contribution is -2.29. The minimum absolute atomic E-state index is 0.122. The number of methoxy groups -OCH3 is 1. The molecule has 1 heterocycles. The van der Waals surface area contributed by atoms with Gasteiger partial charge in [-0.05, 0) is 65.1 Å². The van der Waals surface area contributed by atoms with Crippen molar-refractivity contribution in [2.24, 2.45) is 0 Å². The molecule has 0 spiro atoms. The summed E-state index contributed by atoms with van der Waals surface area (Å²) in [6.45, 7) is 6.62. The SMILES string of the molecule is COc1cc2c(O)cc3c(c2cc1N1CCCCC1)-c1ccccc1C3(C)C. The number of aromatic hydroxyl groups is 1. The summed E-state index contributed by atoms with van der Waals surface area (Å²) < 4.78 is 5.74. The Hall–Kier alpha value is -2.68. The highest BCUT2D eigenvalue weighted by molar-refractivity contribution is 6.07. The lowest BCUT2D eigenvalue weighted by molar-refractivity contribution is 0.413. The molecule has 28 heavy (non-hydrogen) atoms. The number of rotatable bonds is 2. The van der Waals surface area contributed by atoms with Crippen LogP contribution in [0.25, 0.3) is 21.9 Å². The molecule has 3 nitrogen and oxygen atoms in total. The zero-order valence-corrected chi connectivity index (χ0v) is 16.9. The molecule has 0 atom stereocenters. The van der Waals surface area contributed by atoms with Gasteiger partial charge in [-0.2, -0.15) is 0 Å². The summed E-state index contributed by atoms with van der Waals surface area (Å²) in [6, 6.07) is 14.9. The first kappa shape index (κ1) is 17.4. The Bertz CT molecular complexity index is 1080. The predicted molar refractivity (Wildman–Crippen MR) is 116 cm³/mol. The van der Waals surface area contributed by atoms with E-state index in [2.05, 4.69) is 49.1 Å². The second-order valence-electron chi connectivity index (χ2n) is 8.61. The Kier molecular flexibility index (Phi) is 3.84. The standard InChI is InChI=1S/C25H27NO2/c1-25(2)19-10-6-5-9-16(19)24-18-13-21(26-11-7-4-8-12-26)23(28-3)14-17(18)22(27)15-20(24)25/h5-6,9-10,13-15,27H,4,7-8,11-12H2,1-3H3. The van der Waals surface area contributed by atoms with Gasteiger partial charge in [-0.15, -0.1) is 0 Å². The van der Waals surface area contributed by atoms with Crippen molar-refractivity contribution in [3.63, 3.8) is 0 Å². The normalized spacial score (nSPS) is 17.5. The van der Waals surface area contributed by atoms with Crippen molar-refractivity contribution in [2.75, 3.05) is 25.1 Å². The molecule has 1 aliphatic heterocycles. The van der Waals surface area contributed by atoms with Gasteiger partial charge in [-0.3, -0.25) is 0 Å². The molecule has 0 amide bonds. The van der Waals surface area contributed by atoms with Crippen molar-refractivity contribution in [1.29, 1.82) is 0 Å². The van der Waals surface area contributed by atoms with Gasteiger partial charge in [0.15, 0.2) is 0 Å². The van der Waals surface area contributed by atoms with Gasteiger partial charge in [0.1, 0.15) is 11.5 Å². The number of anilines is 1. The fraction of sp³-hybridized carbons (Fsp3) is 0.360. The first-order chi connectivity index (χ1) is 13.5. The van der Waals surface area contributed by atoms with E-state index in [0.717, 1.165) is 35.3 Å². The highest BCUT2D eigenvalue weighted by Crippen LogP contribution is 2.54. The second kappa shape index (κ2) is 6.16. The van der Waals surface area contributed by atoms with Gasteiger partial charge in [0.25, 0.3) is 0 Å². The van der Waals surface area contributed by atoms with E-state index in [1.54, 1.807) is 7.11 Å². The van der Waals surface area contributed by atoms with E-state index in [0.29, 0.717) is 5.75 Å². The molecule has 144 valence electrons. The number of ether oxygens (including phenoxy) is 1. The van der Waals surface area contributed by atoms with Crippen LogP contribution in [0, 0.1) is 0 Å². The summed E-state index contributed by atoms with van der Waals surface area (Å²) in [5.74, 6) is 1.17. The number of fused-ring (bicyclic) bond motifs is 5. The van der Waals surface area contributed by atoms with Crippen LogP contribution in [0.15, 0.2) is 42.5 Å². The van der Waals surface area contributed by atoms with Crippen LogP contribution in [0.3, 0.4) is 0 Å². The van der Waals surface area contributed by atoms with Gasteiger partial charge < -0.3 is 14.7 Å². The number of nitrogens with zero attached hydrogens (tertiary/aromatic N) is 1. The van der Waals surface area contributed by atoms with Crippen LogP contribution in [-0.2, 0) is 5.41 Å². The smallest absolute Gasteiger partial charge is 0.142 e. The number of benzene rings is 3. The van der Waals surface area contributed by atoms with Crippen LogP contribution in [0.2, 0.25) is 0 Å². The van der Waals surface area contributed by atoms with E-state index in [4.69, 9.17) is 4.74 Å². The van der Waals surface area contributed by atoms with Crippen molar-refractivity contribution in [1.82, 2.24) is 0 Å². The zero-order valence-electron chi connectivity index (χ0n) is 16.9. The van der Waals surface area contributed by atoms with Gasteiger partial charge in [0.05, 0.1) is 12.8 Å². The van der Waals surface area contributed by atoms with Gasteiger partial charge >= 0.3 is 0 Å². The van der Waals surface area contributed by atoms with Gasteiger partial charge in [-0.25, -0.2) is 0 Å². The monoisotopic (exact) mass is 373 g/mol. The van der Waals surface area contributed by atoms with Crippen LogP contribution in [0.1, 0.15) is 44.2 Å². The Morgan fingerprint density at radius 2 is 1.68 bits per heavy atom. The van der Waals surface area contributed by atoms with Crippen molar-refractivity contribution < 1.29 is 9.84 Å². The summed E-state index contributed by atoms with van der Waals surface area (Å²) in [6.07, 6.45) is 3.73. The lowest BCUT2D eigenvalue weighted by Gasteiger charge is -2.30. The van der Waals surface area contributed by atoms with Crippen LogP contribution in [0.5, 0.6) is 11.5 Å². The average molecular weight is 373 g/mol. The molecule has 0 saturated carbocycles. The number of hydrogen-bond donors (Lipinski definition) is 1. The maximum atomic E-state index is 10.9. The van der Waals surface area contributed by atoms with E-state index in [1.165, 1.54) is 41.5 Å². The highest BCUT2D eigenvalue weighted by Gasteiger charge is 2.37. The second-order valence-corrected chi connectivity index (χ2v) is 8.61. The van der Waals surface area contributed by atoms with E-state index in [1.807, 2.05) is 12.1 Å². The number of piperidine rings is 1. The summed E-state index contributed by atoms with van der Waals surface area (Å²) in [4.78, 5) is 2.43. The fourth-order valence-electron chi connectivity index (χ4n) is 5.14. The van der Waals surface area contributed by atoms with Crippen molar-refractivity contribution in [3.8, 4) is 22.6 Å². The summed E-state index contributed by atoms with van der Waals surface area (Å²) in [5, 5.41) is 12.9. The van der Waals surface area contributed by atoms with Crippen molar-refractivity contribution >= 4 is 16.5 Å². The zero-order chi connectivity index (χ0) is 19.5. The molecular weight excluding hydrogens is 346 g/mol. The Morgan fingerprint density at radius 1 is 0.929 bits per heavy atom. The van der Waals surface area contributed by atoms with E-state index in [9.17, 15) is 5.11 Å². The first-order valence-electron chi connectivity index (χ1n) is 10.3. The molecule has 0 bridgehead atoms. The summed E-state index contributed by atoms with van der Waals surface area (Å²) in [7, 11) is 1.72. The third-order valence-corrected chi connectivity index (χ3v) is 6.65. The molecular formula is C25H27NO2. The molecule has 1 N–H and O–H groups in total. The molecule has 3 aromatic carbocycles. The molecule has 0 aromatic heterocycles. The maximum Gasteiger partial charge on any atom is 0.142 e.